The number of benzene rings is 1. The highest BCUT2D eigenvalue weighted by Crippen LogP contribution is 2.26. The van der Waals surface area contributed by atoms with Gasteiger partial charge in [0.05, 0.1) is 11.3 Å². The molecule has 0 unspecified atom stereocenters. The highest BCUT2D eigenvalue weighted by Gasteiger charge is 2.23. The summed E-state index contributed by atoms with van der Waals surface area (Å²) in [6, 6.07) is 5.00. The lowest BCUT2D eigenvalue weighted by Crippen LogP contribution is -2.29. The quantitative estimate of drug-likeness (QED) is 0.538. The van der Waals surface area contributed by atoms with Crippen LogP contribution < -0.4 is 15.8 Å². The fourth-order valence-electron chi connectivity index (χ4n) is 1.42. The molecule has 0 saturated heterocycles. The second-order valence-electron chi connectivity index (χ2n) is 3.04. The van der Waals surface area contributed by atoms with Gasteiger partial charge in [-0.25, -0.2) is 0 Å². The number of anilines is 2. The van der Waals surface area contributed by atoms with Crippen LogP contribution in [0.4, 0.5) is 11.4 Å². The maximum atomic E-state index is 11.3. The Morgan fingerprint density at radius 1 is 1.47 bits per heavy atom. The Morgan fingerprint density at radius 3 is 2.87 bits per heavy atom. The van der Waals surface area contributed by atoms with Gasteiger partial charge in [0.15, 0.2) is 5.84 Å². The molecule has 1 aromatic carbocycles. The van der Waals surface area contributed by atoms with Gasteiger partial charge in [-0.3, -0.25) is 4.72 Å². The van der Waals surface area contributed by atoms with Crippen LogP contribution in [0.1, 0.15) is 5.56 Å². The van der Waals surface area contributed by atoms with Crippen molar-refractivity contribution < 1.29 is 8.42 Å². The van der Waals surface area contributed by atoms with Gasteiger partial charge < -0.3 is 11.1 Å². The molecule has 15 heavy (non-hydrogen) atoms. The first-order valence-corrected chi connectivity index (χ1v) is 5.67. The molecule has 1 aromatic rings. The Morgan fingerprint density at radius 2 is 2.20 bits per heavy atom. The summed E-state index contributed by atoms with van der Waals surface area (Å²) < 4.78 is 28.5. The van der Waals surface area contributed by atoms with Crippen molar-refractivity contribution in [2.75, 3.05) is 17.5 Å². The zero-order valence-corrected chi connectivity index (χ0v) is 8.80. The highest BCUT2D eigenvalue weighted by molar-refractivity contribution is 7.91. The summed E-state index contributed by atoms with van der Waals surface area (Å²) in [5.41, 5.74) is 7.23. The molecular formula is C8H10N4O2S. The monoisotopic (exact) mass is 226 g/mol. The van der Waals surface area contributed by atoms with Gasteiger partial charge in [-0.05, 0) is 12.1 Å². The van der Waals surface area contributed by atoms with Crippen LogP contribution in [0, 0.1) is 0 Å². The van der Waals surface area contributed by atoms with Crippen LogP contribution >= 0.6 is 0 Å². The van der Waals surface area contributed by atoms with Crippen molar-refractivity contribution >= 4 is 27.4 Å². The van der Waals surface area contributed by atoms with Crippen molar-refractivity contribution in [1.82, 2.24) is 5.32 Å². The van der Waals surface area contributed by atoms with Crippen LogP contribution in [0.3, 0.4) is 0 Å². The predicted molar refractivity (Wildman–Crippen MR) is 59.0 cm³/mol. The summed E-state index contributed by atoms with van der Waals surface area (Å²) >= 11 is 0. The number of rotatable bonds is 0. The van der Waals surface area contributed by atoms with Gasteiger partial charge in [-0.1, -0.05) is 6.07 Å². The van der Waals surface area contributed by atoms with E-state index in [0.717, 1.165) is 0 Å². The molecule has 0 atom stereocenters. The van der Waals surface area contributed by atoms with Gasteiger partial charge in [0.1, 0.15) is 0 Å². The summed E-state index contributed by atoms with van der Waals surface area (Å²) in [6.45, 7) is 0. The molecule has 1 aliphatic rings. The normalized spacial score (nSPS) is 17.3. The Kier molecular flexibility index (Phi) is 2.04. The number of nitrogen functional groups attached to an aromatic ring is 1. The van der Waals surface area contributed by atoms with E-state index in [1.165, 1.54) is 0 Å². The predicted octanol–water partition coefficient (Wildman–Crippen LogP) is -0.0949. The standard InChI is InChI=1S/C8H10N4O2S/c1-10-8-7-5(9)3-2-4-6(7)11-15(13,14)12-8/h2-4,11H,9H2,1H3,(H,10,12). The van der Waals surface area contributed by atoms with Crippen molar-refractivity contribution in [3.8, 4) is 0 Å². The number of hydrogen-bond donors (Lipinski definition) is 3. The third kappa shape index (κ3) is 1.61. The number of nitrogens with two attached hydrogens (primary N) is 1. The lowest BCUT2D eigenvalue weighted by atomic mass is 10.1. The van der Waals surface area contributed by atoms with Crippen LogP contribution in [0.5, 0.6) is 0 Å². The van der Waals surface area contributed by atoms with Crippen molar-refractivity contribution in [3.63, 3.8) is 0 Å². The SMILES string of the molecule is CNC1=NS(=O)(=O)Nc2cccc(N)c21. The summed E-state index contributed by atoms with van der Waals surface area (Å²) in [4.78, 5) is 0. The second-order valence-corrected chi connectivity index (χ2v) is 4.37. The van der Waals surface area contributed by atoms with Gasteiger partial charge in [0.2, 0.25) is 0 Å². The fraction of sp³-hybridized carbons (Fsp3) is 0.125. The van der Waals surface area contributed by atoms with Gasteiger partial charge in [-0.15, -0.1) is 4.40 Å². The molecule has 0 saturated carbocycles. The Labute approximate surface area is 87.4 Å². The second kappa shape index (κ2) is 3.13. The largest absolute Gasteiger partial charge is 0.398 e. The molecular weight excluding hydrogens is 216 g/mol. The van der Waals surface area contributed by atoms with E-state index in [2.05, 4.69) is 14.4 Å². The molecule has 6 nitrogen and oxygen atoms in total. The molecule has 0 aliphatic carbocycles. The van der Waals surface area contributed by atoms with E-state index in [4.69, 9.17) is 5.73 Å². The summed E-state index contributed by atoms with van der Waals surface area (Å²) in [5.74, 6) is 0.252. The lowest BCUT2D eigenvalue weighted by Gasteiger charge is -2.18. The van der Waals surface area contributed by atoms with Crippen molar-refractivity contribution in [2.24, 2.45) is 4.40 Å². The third-order valence-corrected chi connectivity index (χ3v) is 2.92. The minimum absolute atomic E-state index is 0.252. The molecule has 80 valence electrons. The van der Waals surface area contributed by atoms with E-state index >= 15 is 0 Å². The van der Waals surface area contributed by atoms with Gasteiger partial charge >= 0.3 is 10.2 Å². The van der Waals surface area contributed by atoms with E-state index < -0.39 is 10.2 Å². The maximum absolute atomic E-state index is 11.3. The molecule has 0 fully saturated rings. The van der Waals surface area contributed by atoms with Crippen LogP contribution in [0.15, 0.2) is 22.6 Å². The van der Waals surface area contributed by atoms with Crippen LogP contribution in [-0.2, 0) is 10.2 Å². The van der Waals surface area contributed by atoms with Gasteiger partial charge in [0, 0.05) is 12.7 Å². The Hall–Kier alpha value is -1.76. The molecule has 0 spiro atoms. The summed E-state index contributed by atoms with van der Waals surface area (Å²) in [6.07, 6.45) is 0. The average molecular weight is 226 g/mol. The minimum atomic E-state index is -3.65. The van der Waals surface area contributed by atoms with Crippen molar-refractivity contribution in [3.05, 3.63) is 23.8 Å². The third-order valence-electron chi connectivity index (χ3n) is 2.02. The maximum Gasteiger partial charge on any atom is 0.344 e. The lowest BCUT2D eigenvalue weighted by molar-refractivity contribution is 0.602. The van der Waals surface area contributed by atoms with E-state index in [1.807, 2.05) is 0 Å². The molecule has 4 N–H and O–H groups in total. The number of nitrogens with one attached hydrogen (secondary N) is 2. The van der Waals surface area contributed by atoms with Crippen LogP contribution in [0.25, 0.3) is 0 Å². The van der Waals surface area contributed by atoms with Gasteiger partial charge in [0.25, 0.3) is 0 Å². The molecule has 0 bridgehead atoms. The topological polar surface area (TPSA) is 96.6 Å². The highest BCUT2D eigenvalue weighted by atomic mass is 32.2. The minimum Gasteiger partial charge on any atom is -0.398 e. The number of hydrogen-bond acceptors (Lipinski definition) is 4. The van der Waals surface area contributed by atoms with E-state index in [9.17, 15) is 8.42 Å². The van der Waals surface area contributed by atoms with Crippen molar-refractivity contribution in [1.29, 1.82) is 0 Å². The number of amidine groups is 1. The van der Waals surface area contributed by atoms with Crippen molar-refractivity contribution in [2.45, 2.75) is 0 Å². The molecule has 0 radical (unpaired) electrons. The first-order chi connectivity index (χ1) is 7.03. The molecule has 0 amide bonds. The summed E-state index contributed by atoms with van der Waals surface area (Å²) in [7, 11) is -2.06. The first kappa shape index (κ1) is 9.78. The molecule has 1 aliphatic heterocycles. The fourth-order valence-corrected chi connectivity index (χ4v) is 2.33. The molecule has 7 heteroatoms. The van der Waals surface area contributed by atoms with Gasteiger partial charge in [-0.2, -0.15) is 8.42 Å². The van der Waals surface area contributed by atoms with E-state index in [0.29, 0.717) is 16.9 Å². The van der Waals surface area contributed by atoms with E-state index in [-0.39, 0.29) is 5.84 Å². The number of fused-ring (bicyclic) bond motifs is 1. The first-order valence-electron chi connectivity index (χ1n) is 4.23. The smallest absolute Gasteiger partial charge is 0.344 e. The van der Waals surface area contributed by atoms with Crippen LogP contribution in [-0.4, -0.2) is 21.3 Å². The number of nitrogens with zero attached hydrogens (tertiary/aromatic N) is 1. The average Bonchev–Trinajstić information content (AvgIpc) is 2.15. The van der Waals surface area contributed by atoms with Crippen LogP contribution in [0.2, 0.25) is 0 Å². The zero-order chi connectivity index (χ0) is 11.1. The Balaban J connectivity index is 2.72. The van der Waals surface area contributed by atoms with E-state index in [1.54, 1.807) is 25.2 Å². The zero-order valence-electron chi connectivity index (χ0n) is 7.98. The molecule has 0 aromatic heterocycles. The summed E-state index contributed by atoms with van der Waals surface area (Å²) in [5, 5.41) is 2.71. The Bertz CT molecular complexity index is 536. The molecule has 2 rings (SSSR count). The molecule has 1 heterocycles.